The third-order valence-corrected chi connectivity index (χ3v) is 4.72. The maximum atomic E-state index is 12.1. The predicted molar refractivity (Wildman–Crippen MR) is 88.1 cm³/mol. The number of amides is 1. The van der Waals surface area contributed by atoms with E-state index in [9.17, 15) is 9.90 Å². The summed E-state index contributed by atoms with van der Waals surface area (Å²) in [6, 6.07) is 5.87. The predicted octanol–water partition coefficient (Wildman–Crippen LogP) is 2.09. The standard InChI is InChI=1S/C16H19N3O2S/c1-9-3-4-11(5-10(9)2)14-8-22-16(18-14)19-15(21)13-6-12(20)7-17-13/h3-5,8,12-13,17,20H,6-7H2,1-2H3,(H,18,19,21)/t12-,13-/m1/s1. The number of aryl methyl sites for hydroxylation is 2. The summed E-state index contributed by atoms with van der Waals surface area (Å²) in [7, 11) is 0. The maximum absolute atomic E-state index is 12.1. The number of anilines is 1. The molecule has 1 aliphatic rings. The van der Waals surface area contributed by atoms with Gasteiger partial charge in [0.2, 0.25) is 5.91 Å². The monoisotopic (exact) mass is 317 g/mol. The molecule has 1 aromatic heterocycles. The molecule has 1 amide bonds. The van der Waals surface area contributed by atoms with Crippen molar-refractivity contribution in [2.45, 2.75) is 32.4 Å². The van der Waals surface area contributed by atoms with Crippen molar-refractivity contribution in [1.82, 2.24) is 10.3 Å². The molecule has 2 heterocycles. The van der Waals surface area contributed by atoms with E-state index >= 15 is 0 Å². The van der Waals surface area contributed by atoms with Crippen LogP contribution in [-0.2, 0) is 4.79 Å². The molecule has 2 aromatic rings. The maximum Gasteiger partial charge on any atom is 0.243 e. The quantitative estimate of drug-likeness (QED) is 0.810. The summed E-state index contributed by atoms with van der Waals surface area (Å²) in [5.41, 5.74) is 4.38. The van der Waals surface area contributed by atoms with Crippen LogP contribution in [0.15, 0.2) is 23.6 Å². The fourth-order valence-corrected chi connectivity index (χ4v) is 3.20. The minimum Gasteiger partial charge on any atom is -0.392 e. The number of carbonyl (C=O) groups is 1. The number of β-amino-alcohol motifs (C(OH)–C–C–N with tert-alkyl or cyclic N) is 1. The summed E-state index contributed by atoms with van der Waals surface area (Å²) in [6.45, 7) is 4.61. The second kappa shape index (κ2) is 6.16. The van der Waals surface area contributed by atoms with Gasteiger partial charge in [0.25, 0.3) is 0 Å². The van der Waals surface area contributed by atoms with Crippen molar-refractivity contribution >= 4 is 22.4 Å². The molecule has 22 heavy (non-hydrogen) atoms. The van der Waals surface area contributed by atoms with Crippen LogP contribution in [0.2, 0.25) is 0 Å². The molecule has 0 spiro atoms. The molecule has 0 radical (unpaired) electrons. The van der Waals surface area contributed by atoms with Crippen LogP contribution in [0, 0.1) is 13.8 Å². The Balaban J connectivity index is 1.71. The van der Waals surface area contributed by atoms with E-state index in [1.165, 1.54) is 22.5 Å². The Hall–Kier alpha value is -1.76. The molecule has 116 valence electrons. The summed E-state index contributed by atoms with van der Waals surface area (Å²) >= 11 is 1.41. The molecule has 2 atom stereocenters. The van der Waals surface area contributed by atoms with Gasteiger partial charge in [-0.3, -0.25) is 4.79 Å². The Morgan fingerprint density at radius 3 is 2.91 bits per heavy atom. The molecule has 1 aliphatic heterocycles. The lowest BCUT2D eigenvalue weighted by atomic mass is 10.1. The fourth-order valence-electron chi connectivity index (χ4n) is 2.47. The van der Waals surface area contributed by atoms with E-state index in [0.29, 0.717) is 18.1 Å². The van der Waals surface area contributed by atoms with Crippen LogP contribution >= 0.6 is 11.3 Å². The first-order valence-electron chi connectivity index (χ1n) is 7.28. The number of nitrogens with zero attached hydrogens (tertiary/aromatic N) is 1. The molecule has 1 saturated heterocycles. The van der Waals surface area contributed by atoms with E-state index in [0.717, 1.165) is 11.3 Å². The Morgan fingerprint density at radius 2 is 2.23 bits per heavy atom. The average Bonchev–Trinajstić information content (AvgIpc) is 3.11. The molecule has 0 saturated carbocycles. The number of aliphatic hydroxyl groups excluding tert-OH is 1. The third-order valence-electron chi connectivity index (χ3n) is 3.96. The second-order valence-corrected chi connectivity index (χ2v) is 6.53. The zero-order chi connectivity index (χ0) is 15.7. The van der Waals surface area contributed by atoms with Crippen molar-refractivity contribution in [3.63, 3.8) is 0 Å². The molecule has 3 N–H and O–H groups in total. The molecule has 0 bridgehead atoms. The largest absolute Gasteiger partial charge is 0.392 e. The highest BCUT2D eigenvalue weighted by molar-refractivity contribution is 7.14. The summed E-state index contributed by atoms with van der Waals surface area (Å²) in [6.07, 6.45) is -0.000510. The van der Waals surface area contributed by atoms with Gasteiger partial charge in [0, 0.05) is 17.5 Å². The number of benzene rings is 1. The number of carbonyl (C=O) groups excluding carboxylic acids is 1. The van der Waals surface area contributed by atoms with Crippen molar-refractivity contribution in [1.29, 1.82) is 0 Å². The lowest BCUT2D eigenvalue weighted by Gasteiger charge is -2.08. The first kappa shape index (κ1) is 15.1. The molecular weight excluding hydrogens is 298 g/mol. The zero-order valence-electron chi connectivity index (χ0n) is 12.6. The van der Waals surface area contributed by atoms with Gasteiger partial charge >= 0.3 is 0 Å². The van der Waals surface area contributed by atoms with Gasteiger partial charge in [0.05, 0.1) is 17.8 Å². The van der Waals surface area contributed by atoms with Gasteiger partial charge in [-0.05, 0) is 37.5 Å². The number of aliphatic hydroxyl groups is 1. The van der Waals surface area contributed by atoms with Gasteiger partial charge in [-0.25, -0.2) is 4.98 Å². The average molecular weight is 317 g/mol. The number of aromatic nitrogens is 1. The van der Waals surface area contributed by atoms with E-state index < -0.39 is 6.10 Å². The van der Waals surface area contributed by atoms with Crippen LogP contribution < -0.4 is 10.6 Å². The topological polar surface area (TPSA) is 74.2 Å². The smallest absolute Gasteiger partial charge is 0.243 e. The Bertz CT molecular complexity index is 698. The highest BCUT2D eigenvalue weighted by Crippen LogP contribution is 2.26. The van der Waals surface area contributed by atoms with Gasteiger partial charge in [-0.2, -0.15) is 0 Å². The van der Waals surface area contributed by atoms with Crippen LogP contribution in [0.1, 0.15) is 17.5 Å². The van der Waals surface area contributed by atoms with Crippen molar-refractivity contribution in [3.05, 3.63) is 34.7 Å². The van der Waals surface area contributed by atoms with E-state index in [1.54, 1.807) is 0 Å². The van der Waals surface area contributed by atoms with Crippen LogP contribution in [0.3, 0.4) is 0 Å². The van der Waals surface area contributed by atoms with Gasteiger partial charge < -0.3 is 15.7 Å². The van der Waals surface area contributed by atoms with Crippen LogP contribution in [0.4, 0.5) is 5.13 Å². The minimum atomic E-state index is -0.446. The highest BCUT2D eigenvalue weighted by atomic mass is 32.1. The van der Waals surface area contributed by atoms with E-state index in [2.05, 4.69) is 41.6 Å². The number of hydrogen-bond acceptors (Lipinski definition) is 5. The van der Waals surface area contributed by atoms with Crippen LogP contribution in [0.5, 0.6) is 0 Å². The molecule has 5 nitrogen and oxygen atoms in total. The number of hydrogen-bond donors (Lipinski definition) is 3. The van der Waals surface area contributed by atoms with Crippen molar-refractivity contribution in [3.8, 4) is 11.3 Å². The second-order valence-electron chi connectivity index (χ2n) is 5.68. The van der Waals surface area contributed by atoms with E-state index in [4.69, 9.17) is 0 Å². The van der Waals surface area contributed by atoms with Gasteiger partial charge in [-0.15, -0.1) is 11.3 Å². The number of thiazole rings is 1. The Morgan fingerprint density at radius 1 is 1.41 bits per heavy atom. The first-order valence-corrected chi connectivity index (χ1v) is 8.16. The molecular formula is C16H19N3O2S. The van der Waals surface area contributed by atoms with Crippen LogP contribution in [-0.4, -0.2) is 34.7 Å². The lowest BCUT2D eigenvalue weighted by Crippen LogP contribution is -2.35. The molecule has 3 rings (SSSR count). The summed E-state index contributed by atoms with van der Waals surface area (Å²) < 4.78 is 0. The van der Waals surface area contributed by atoms with Gasteiger partial charge in [0.1, 0.15) is 0 Å². The van der Waals surface area contributed by atoms with Crippen molar-refractivity contribution in [2.24, 2.45) is 0 Å². The van der Waals surface area contributed by atoms with Crippen LogP contribution in [0.25, 0.3) is 11.3 Å². The molecule has 1 aromatic carbocycles. The third kappa shape index (κ3) is 3.19. The Labute approximate surface area is 133 Å². The number of rotatable bonds is 3. The van der Waals surface area contributed by atoms with Crippen molar-refractivity contribution < 1.29 is 9.90 Å². The molecule has 0 unspecified atom stereocenters. The normalized spacial score (nSPS) is 21.0. The Kier molecular flexibility index (Phi) is 4.24. The molecule has 1 fully saturated rings. The summed E-state index contributed by atoms with van der Waals surface area (Å²) in [5.74, 6) is -0.141. The summed E-state index contributed by atoms with van der Waals surface area (Å²) in [5, 5.41) is 17.8. The first-order chi connectivity index (χ1) is 10.5. The number of nitrogens with one attached hydrogen (secondary N) is 2. The summed E-state index contributed by atoms with van der Waals surface area (Å²) in [4.78, 5) is 16.6. The van der Waals surface area contributed by atoms with Gasteiger partial charge in [0.15, 0.2) is 5.13 Å². The minimum absolute atomic E-state index is 0.141. The zero-order valence-corrected chi connectivity index (χ0v) is 13.4. The van der Waals surface area contributed by atoms with Crippen molar-refractivity contribution in [2.75, 3.05) is 11.9 Å². The van der Waals surface area contributed by atoms with E-state index in [-0.39, 0.29) is 11.9 Å². The molecule has 6 heteroatoms. The lowest BCUT2D eigenvalue weighted by molar-refractivity contribution is -0.117. The fraction of sp³-hybridized carbons (Fsp3) is 0.375. The SMILES string of the molecule is Cc1ccc(-c2csc(NC(=O)[C@H]3C[C@@H](O)CN3)n2)cc1C. The highest BCUT2D eigenvalue weighted by Gasteiger charge is 2.28. The van der Waals surface area contributed by atoms with Gasteiger partial charge in [-0.1, -0.05) is 12.1 Å². The van der Waals surface area contributed by atoms with E-state index in [1.807, 2.05) is 11.4 Å². The molecule has 0 aliphatic carbocycles.